The zero-order valence-corrected chi connectivity index (χ0v) is 26.0. The number of nitrogens with zero attached hydrogens (tertiary/aromatic N) is 1. The Morgan fingerprint density at radius 2 is 1.39 bits per heavy atom. The number of pyridine rings is 1. The number of aryl methyl sites for hydroxylation is 1. The Balaban J connectivity index is 0.0000137. The number of halogens is 1. The second-order valence-corrected chi connectivity index (χ2v) is 10.6. The summed E-state index contributed by atoms with van der Waals surface area (Å²) in [5, 5.41) is 23.0. The summed E-state index contributed by atoms with van der Waals surface area (Å²) >= 11 is 0. The van der Waals surface area contributed by atoms with E-state index in [1.54, 1.807) is 12.1 Å². The minimum Gasteiger partial charge on any atom is -1.00 e. The van der Waals surface area contributed by atoms with E-state index in [0.717, 1.165) is 25.8 Å². The van der Waals surface area contributed by atoms with Crippen molar-refractivity contribution in [1.82, 2.24) is 5.32 Å². The van der Waals surface area contributed by atoms with Gasteiger partial charge in [-0.1, -0.05) is 116 Å². The van der Waals surface area contributed by atoms with Crippen LogP contribution in [0.25, 0.3) is 0 Å². The van der Waals surface area contributed by atoms with Crippen molar-refractivity contribution in [1.29, 1.82) is 0 Å². The number of aliphatic hydroxyl groups is 2. The van der Waals surface area contributed by atoms with Crippen LogP contribution in [0.5, 0.6) is 0 Å². The Morgan fingerprint density at radius 3 is 1.95 bits per heavy atom. The molecule has 0 aliphatic carbocycles. The quantitative estimate of drug-likeness (QED) is 0.0957. The van der Waals surface area contributed by atoms with Crippen LogP contribution in [0.1, 0.15) is 140 Å². The molecule has 1 aromatic rings. The fourth-order valence-electron chi connectivity index (χ4n) is 4.66. The normalized spacial score (nSPS) is 12.8. The number of rotatable bonds is 24. The van der Waals surface area contributed by atoms with Crippen molar-refractivity contribution in [2.75, 3.05) is 6.61 Å². The Morgan fingerprint density at radius 1 is 0.868 bits per heavy atom. The molecule has 0 saturated carbocycles. The van der Waals surface area contributed by atoms with Gasteiger partial charge in [0.1, 0.15) is 12.1 Å². The molecule has 1 amide bonds. The first-order valence-electron chi connectivity index (χ1n) is 15.4. The van der Waals surface area contributed by atoms with Gasteiger partial charge < -0.3 is 32.5 Å². The molecule has 0 aliphatic rings. The highest BCUT2D eigenvalue weighted by molar-refractivity contribution is 5.93. The van der Waals surface area contributed by atoms with Crippen LogP contribution in [-0.4, -0.2) is 34.9 Å². The highest BCUT2D eigenvalue weighted by atomic mass is 79.9. The number of hydrogen-bond acceptors (Lipinski definition) is 3. The molecule has 38 heavy (non-hydrogen) atoms. The van der Waals surface area contributed by atoms with Gasteiger partial charge in [-0.15, -0.1) is 0 Å². The standard InChI is InChI=1S/C32H56N2O3.BrH/c1-3-5-7-9-11-12-13-14-15-16-17-18-20-24-31(36)30(28-35)33-32(37)29-23-22-26-34(27-29)25-21-19-10-8-6-4-2;/h20,22-24,26-27,30-31,35-36H,3-19,21,25,28H2,1-2H3;1H/b24-20+;/t30-,31+;/m0./s1. The monoisotopic (exact) mass is 596 g/mol. The zero-order chi connectivity index (χ0) is 27.0. The van der Waals surface area contributed by atoms with Gasteiger partial charge in [0, 0.05) is 12.5 Å². The molecule has 0 unspecified atom stereocenters. The molecule has 0 aromatic carbocycles. The third kappa shape index (κ3) is 18.9. The van der Waals surface area contributed by atoms with Crippen molar-refractivity contribution in [3.63, 3.8) is 0 Å². The van der Waals surface area contributed by atoms with Gasteiger partial charge in [-0.2, -0.15) is 0 Å². The summed E-state index contributed by atoms with van der Waals surface area (Å²) in [6.07, 6.45) is 29.4. The molecule has 5 nitrogen and oxygen atoms in total. The predicted octanol–water partition coefficient (Wildman–Crippen LogP) is 4.05. The molecule has 6 heteroatoms. The number of nitrogens with one attached hydrogen (secondary N) is 1. The van der Waals surface area contributed by atoms with Crippen LogP contribution in [0.3, 0.4) is 0 Å². The number of carbonyl (C=O) groups excluding carboxylic acids is 1. The smallest absolute Gasteiger partial charge is 0.257 e. The fourth-order valence-corrected chi connectivity index (χ4v) is 4.66. The number of amides is 1. The van der Waals surface area contributed by atoms with Crippen molar-refractivity contribution in [2.24, 2.45) is 0 Å². The van der Waals surface area contributed by atoms with E-state index in [1.807, 2.05) is 29.1 Å². The number of unbranched alkanes of at least 4 members (excludes halogenated alkanes) is 16. The van der Waals surface area contributed by atoms with Gasteiger partial charge in [-0.25, -0.2) is 4.57 Å². The molecule has 1 aromatic heterocycles. The Kier molecular flexibility index (Phi) is 25.2. The topological polar surface area (TPSA) is 73.4 Å². The maximum Gasteiger partial charge on any atom is 0.257 e. The Bertz CT molecular complexity index is 714. The van der Waals surface area contributed by atoms with Crippen molar-refractivity contribution in [2.45, 2.75) is 148 Å². The van der Waals surface area contributed by atoms with Crippen molar-refractivity contribution >= 4 is 5.91 Å². The van der Waals surface area contributed by atoms with E-state index in [1.165, 1.54) is 96.3 Å². The van der Waals surface area contributed by atoms with Gasteiger partial charge in [0.15, 0.2) is 12.4 Å². The van der Waals surface area contributed by atoms with E-state index in [-0.39, 0.29) is 29.5 Å². The predicted molar refractivity (Wildman–Crippen MR) is 155 cm³/mol. The van der Waals surface area contributed by atoms with Gasteiger partial charge in [-0.05, 0) is 25.3 Å². The third-order valence-electron chi connectivity index (χ3n) is 7.12. The summed E-state index contributed by atoms with van der Waals surface area (Å²) in [6, 6.07) is 2.94. The maximum atomic E-state index is 12.7. The van der Waals surface area contributed by atoms with Crippen molar-refractivity contribution in [3.8, 4) is 0 Å². The minimum absolute atomic E-state index is 0. The van der Waals surface area contributed by atoms with Crippen LogP contribution in [0, 0.1) is 0 Å². The molecule has 0 radical (unpaired) electrons. The Labute approximate surface area is 244 Å². The van der Waals surface area contributed by atoms with Crippen LogP contribution in [0.4, 0.5) is 0 Å². The molecule has 220 valence electrons. The van der Waals surface area contributed by atoms with E-state index in [2.05, 4.69) is 19.2 Å². The lowest BCUT2D eigenvalue weighted by Gasteiger charge is -2.19. The number of aliphatic hydroxyl groups excluding tert-OH is 2. The van der Waals surface area contributed by atoms with Gasteiger partial charge in [-0.3, -0.25) is 4.79 Å². The fraction of sp³-hybridized carbons (Fsp3) is 0.750. The summed E-state index contributed by atoms with van der Waals surface area (Å²) in [6.45, 7) is 5.07. The summed E-state index contributed by atoms with van der Waals surface area (Å²) in [5.41, 5.74) is 0.545. The van der Waals surface area contributed by atoms with E-state index in [4.69, 9.17) is 0 Å². The maximum absolute atomic E-state index is 12.7. The van der Waals surface area contributed by atoms with Crippen LogP contribution in [0.2, 0.25) is 0 Å². The van der Waals surface area contributed by atoms with Gasteiger partial charge in [0.05, 0.1) is 18.8 Å². The zero-order valence-electron chi connectivity index (χ0n) is 24.4. The lowest BCUT2D eigenvalue weighted by atomic mass is 10.0. The van der Waals surface area contributed by atoms with Crippen molar-refractivity contribution < 1.29 is 36.6 Å². The molecule has 1 rings (SSSR count). The Hall–Kier alpha value is -1.24. The number of aromatic nitrogens is 1. The number of hydrogen-bond donors (Lipinski definition) is 3. The molecule has 3 N–H and O–H groups in total. The van der Waals surface area contributed by atoms with E-state index in [9.17, 15) is 15.0 Å². The molecular formula is C32H57BrN2O3. The van der Waals surface area contributed by atoms with E-state index in [0.29, 0.717) is 5.56 Å². The first-order chi connectivity index (χ1) is 18.1. The second kappa shape index (κ2) is 26.0. The first-order valence-corrected chi connectivity index (χ1v) is 15.4. The van der Waals surface area contributed by atoms with Crippen LogP contribution in [0.15, 0.2) is 36.7 Å². The van der Waals surface area contributed by atoms with E-state index < -0.39 is 12.1 Å². The van der Waals surface area contributed by atoms with Gasteiger partial charge >= 0.3 is 0 Å². The SMILES string of the molecule is CCCCCCCCCCCCC/C=C/[C@@H](O)[C@H](CO)NC(=O)c1ccc[n+](CCCCCCCC)c1.[Br-]. The highest BCUT2D eigenvalue weighted by Crippen LogP contribution is 2.12. The van der Waals surface area contributed by atoms with Gasteiger partial charge in [0.25, 0.3) is 5.91 Å². The molecule has 0 saturated heterocycles. The summed E-state index contributed by atoms with van der Waals surface area (Å²) < 4.78 is 2.05. The molecule has 0 fully saturated rings. The van der Waals surface area contributed by atoms with Crippen LogP contribution in [-0.2, 0) is 6.54 Å². The molecule has 1 heterocycles. The molecule has 0 aliphatic heterocycles. The van der Waals surface area contributed by atoms with Crippen molar-refractivity contribution in [3.05, 3.63) is 42.2 Å². The third-order valence-corrected chi connectivity index (χ3v) is 7.12. The molecule has 0 bridgehead atoms. The lowest BCUT2D eigenvalue weighted by molar-refractivity contribution is -0.697. The minimum atomic E-state index is -0.902. The average molecular weight is 598 g/mol. The highest BCUT2D eigenvalue weighted by Gasteiger charge is 2.20. The second-order valence-electron chi connectivity index (χ2n) is 10.6. The molecule has 0 spiro atoms. The first kappa shape index (κ1) is 36.8. The largest absolute Gasteiger partial charge is 1.00 e. The van der Waals surface area contributed by atoms with Gasteiger partial charge in [0.2, 0.25) is 0 Å². The van der Waals surface area contributed by atoms with Crippen LogP contribution < -0.4 is 26.9 Å². The summed E-state index contributed by atoms with van der Waals surface area (Å²) in [7, 11) is 0. The number of carbonyl (C=O) groups is 1. The average Bonchev–Trinajstić information content (AvgIpc) is 2.91. The molecular weight excluding hydrogens is 540 g/mol. The van der Waals surface area contributed by atoms with Crippen LogP contribution >= 0.6 is 0 Å². The van der Waals surface area contributed by atoms with E-state index >= 15 is 0 Å². The summed E-state index contributed by atoms with van der Waals surface area (Å²) in [4.78, 5) is 12.7. The molecule has 2 atom stereocenters. The lowest BCUT2D eigenvalue weighted by Crippen LogP contribution is -3.00. The summed E-state index contributed by atoms with van der Waals surface area (Å²) in [5.74, 6) is -0.269. The number of allylic oxidation sites excluding steroid dienone is 1.